The molecule has 8 heteroatoms. The maximum Gasteiger partial charge on any atom is 0.251 e. The second-order valence-corrected chi connectivity index (χ2v) is 7.26. The van der Waals surface area contributed by atoms with Crippen LogP contribution in [0.5, 0.6) is 0 Å². The van der Waals surface area contributed by atoms with Gasteiger partial charge in [-0.25, -0.2) is 4.99 Å². The van der Waals surface area contributed by atoms with Crippen molar-refractivity contribution in [3.05, 3.63) is 17.0 Å². The minimum absolute atomic E-state index is 0.149. The van der Waals surface area contributed by atoms with E-state index in [4.69, 9.17) is 9.73 Å². The van der Waals surface area contributed by atoms with Gasteiger partial charge in [0.2, 0.25) is 0 Å². The highest BCUT2D eigenvalue weighted by molar-refractivity contribution is 5.82. The van der Waals surface area contributed by atoms with Crippen molar-refractivity contribution in [3.8, 4) is 0 Å². The second-order valence-electron chi connectivity index (χ2n) is 7.26. The van der Waals surface area contributed by atoms with Crippen LogP contribution in [0.25, 0.3) is 0 Å². The number of amides is 1. The van der Waals surface area contributed by atoms with Gasteiger partial charge >= 0.3 is 0 Å². The van der Waals surface area contributed by atoms with E-state index in [0.717, 1.165) is 49.8 Å². The van der Waals surface area contributed by atoms with Gasteiger partial charge in [0.1, 0.15) is 6.10 Å². The van der Waals surface area contributed by atoms with Gasteiger partial charge in [0.25, 0.3) is 5.91 Å². The molecule has 1 unspecified atom stereocenters. The van der Waals surface area contributed by atoms with Gasteiger partial charge in [-0.15, -0.1) is 0 Å². The number of hydrogen-bond acceptors (Lipinski definition) is 4. The Labute approximate surface area is 161 Å². The Morgan fingerprint density at radius 3 is 2.52 bits per heavy atom. The van der Waals surface area contributed by atoms with Gasteiger partial charge in [0, 0.05) is 57.6 Å². The van der Waals surface area contributed by atoms with E-state index in [1.54, 1.807) is 0 Å². The van der Waals surface area contributed by atoms with Gasteiger partial charge in [-0.3, -0.25) is 9.48 Å². The van der Waals surface area contributed by atoms with Gasteiger partial charge < -0.3 is 19.9 Å². The van der Waals surface area contributed by atoms with E-state index < -0.39 is 0 Å². The molecule has 1 atom stereocenters. The summed E-state index contributed by atoms with van der Waals surface area (Å²) >= 11 is 0. The van der Waals surface area contributed by atoms with E-state index in [2.05, 4.69) is 29.2 Å². The third-order valence-corrected chi connectivity index (χ3v) is 5.48. The Morgan fingerprint density at radius 1 is 1.26 bits per heavy atom. The first kappa shape index (κ1) is 19.7. The fourth-order valence-corrected chi connectivity index (χ4v) is 3.74. The number of nitrogens with one attached hydrogen (secondary N) is 1. The van der Waals surface area contributed by atoms with E-state index >= 15 is 0 Å². The van der Waals surface area contributed by atoms with Crippen LogP contribution in [0.2, 0.25) is 0 Å². The molecule has 1 N–H and O–H groups in total. The maximum atomic E-state index is 12.5. The summed E-state index contributed by atoms with van der Waals surface area (Å²) in [6.45, 7) is 11.3. The fraction of sp³-hybridized carbons (Fsp3) is 0.737. The number of nitrogens with zero attached hydrogens (tertiary/aromatic N) is 5. The zero-order chi connectivity index (χ0) is 19.4. The number of aromatic nitrogens is 2. The van der Waals surface area contributed by atoms with E-state index in [0.29, 0.717) is 26.2 Å². The molecule has 1 aromatic heterocycles. The zero-order valence-electron chi connectivity index (χ0n) is 17.0. The smallest absolute Gasteiger partial charge is 0.251 e. The van der Waals surface area contributed by atoms with Crippen LogP contribution >= 0.6 is 0 Å². The number of hydrogen-bond donors (Lipinski definition) is 1. The predicted molar refractivity (Wildman–Crippen MR) is 105 cm³/mol. The summed E-state index contributed by atoms with van der Waals surface area (Å²) < 4.78 is 7.45. The average Bonchev–Trinajstić information content (AvgIpc) is 3.28. The summed E-state index contributed by atoms with van der Waals surface area (Å²) in [4.78, 5) is 21.5. The molecule has 0 radical (unpaired) electrons. The van der Waals surface area contributed by atoms with Crippen molar-refractivity contribution in [2.24, 2.45) is 12.0 Å². The lowest BCUT2D eigenvalue weighted by molar-refractivity contribution is -0.142. The van der Waals surface area contributed by atoms with Crippen LogP contribution < -0.4 is 5.32 Å². The lowest BCUT2D eigenvalue weighted by atomic mass is 10.2. The van der Waals surface area contributed by atoms with E-state index in [1.807, 2.05) is 23.6 Å². The van der Waals surface area contributed by atoms with Crippen molar-refractivity contribution in [1.82, 2.24) is 24.9 Å². The number of carbonyl (C=O) groups is 1. The predicted octanol–water partition coefficient (Wildman–Crippen LogP) is 0.826. The lowest BCUT2D eigenvalue weighted by Gasteiger charge is -2.37. The van der Waals surface area contributed by atoms with Crippen molar-refractivity contribution in [1.29, 1.82) is 0 Å². The molecule has 2 aliphatic rings. The molecule has 0 spiro atoms. The summed E-state index contributed by atoms with van der Waals surface area (Å²) in [5.41, 5.74) is 3.36. The normalized spacial score (nSPS) is 21.0. The van der Waals surface area contributed by atoms with Crippen LogP contribution in [-0.4, -0.2) is 76.9 Å². The first-order valence-electron chi connectivity index (χ1n) is 9.94. The molecule has 0 bridgehead atoms. The maximum absolute atomic E-state index is 12.5. The van der Waals surface area contributed by atoms with Crippen molar-refractivity contribution in [2.75, 3.05) is 39.3 Å². The van der Waals surface area contributed by atoms with Crippen LogP contribution in [0.1, 0.15) is 36.7 Å². The molecule has 2 fully saturated rings. The molecule has 8 nitrogen and oxygen atoms in total. The van der Waals surface area contributed by atoms with E-state index in [1.165, 1.54) is 5.56 Å². The molecule has 2 saturated heterocycles. The highest BCUT2D eigenvalue weighted by atomic mass is 16.5. The van der Waals surface area contributed by atoms with Crippen molar-refractivity contribution >= 4 is 11.9 Å². The lowest BCUT2D eigenvalue weighted by Crippen LogP contribution is -2.55. The quantitative estimate of drug-likeness (QED) is 0.622. The Hall–Kier alpha value is -2.09. The number of guanidine groups is 1. The number of carbonyl (C=O) groups excluding carboxylic acids is 1. The third-order valence-electron chi connectivity index (χ3n) is 5.48. The van der Waals surface area contributed by atoms with Gasteiger partial charge in [-0.2, -0.15) is 5.10 Å². The summed E-state index contributed by atoms with van der Waals surface area (Å²) in [6, 6.07) is 0. The summed E-state index contributed by atoms with van der Waals surface area (Å²) in [6.07, 6.45) is 1.61. The molecular weight excluding hydrogens is 344 g/mol. The van der Waals surface area contributed by atoms with Gasteiger partial charge in [0.05, 0.1) is 12.2 Å². The SMILES string of the molecule is CCNC(=NCc1c(C)nn(C)c1C)N1CCN(C(=O)C2CCCO2)CC1. The van der Waals surface area contributed by atoms with Crippen molar-refractivity contribution < 1.29 is 9.53 Å². The van der Waals surface area contributed by atoms with Crippen molar-refractivity contribution in [3.63, 3.8) is 0 Å². The minimum Gasteiger partial charge on any atom is -0.368 e. The number of aryl methyl sites for hydroxylation is 2. The zero-order valence-corrected chi connectivity index (χ0v) is 17.0. The summed E-state index contributed by atoms with van der Waals surface area (Å²) in [7, 11) is 1.96. The van der Waals surface area contributed by atoms with Crippen LogP contribution in [0, 0.1) is 13.8 Å². The molecule has 1 amide bonds. The largest absolute Gasteiger partial charge is 0.368 e. The molecule has 150 valence electrons. The summed E-state index contributed by atoms with van der Waals surface area (Å²) in [5.74, 6) is 1.06. The number of piperazine rings is 1. The number of rotatable bonds is 4. The van der Waals surface area contributed by atoms with Crippen LogP contribution in [0.15, 0.2) is 4.99 Å². The number of aliphatic imine (C=N–C) groups is 1. The minimum atomic E-state index is -0.227. The Bertz CT molecular complexity index is 685. The first-order valence-corrected chi connectivity index (χ1v) is 9.94. The molecule has 0 saturated carbocycles. The topological polar surface area (TPSA) is 75.0 Å². The van der Waals surface area contributed by atoms with E-state index in [-0.39, 0.29) is 12.0 Å². The van der Waals surface area contributed by atoms with E-state index in [9.17, 15) is 4.79 Å². The average molecular weight is 377 g/mol. The van der Waals surface area contributed by atoms with Crippen molar-refractivity contribution in [2.45, 2.75) is 46.3 Å². The highest BCUT2D eigenvalue weighted by Gasteiger charge is 2.30. The van der Waals surface area contributed by atoms with Crippen LogP contribution in [0.4, 0.5) is 0 Å². The van der Waals surface area contributed by atoms with Gasteiger partial charge in [0.15, 0.2) is 5.96 Å². The van der Waals surface area contributed by atoms with Crippen LogP contribution in [-0.2, 0) is 23.1 Å². The molecule has 0 aliphatic carbocycles. The second kappa shape index (κ2) is 8.73. The first-order chi connectivity index (χ1) is 13.0. The fourth-order valence-electron chi connectivity index (χ4n) is 3.74. The molecule has 1 aromatic rings. The number of ether oxygens (including phenoxy) is 1. The van der Waals surface area contributed by atoms with Crippen LogP contribution in [0.3, 0.4) is 0 Å². The molecule has 3 rings (SSSR count). The summed E-state index contributed by atoms with van der Waals surface area (Å²) in [5, 5.41) is 7.86. The highest BCUT2D eigenvalue weighted by Crippen LogP contribution is 2.17. The third kappa shape index (κ3) is 4.43. The Balaban J connectivity index is 1.61. The molecule has 0 aromatic carbocycles. The molecule has 2 aliphatic heterocycles. The van der Waals surface area contributed by atoms with Gasteiger partial charge in [-0.05, 0) is 33.6 Å². The molecular formula is C19H32N6O2. The molecule has 27 heavy (non-hydrogen) atoms. The monoisotopic (exact) mass is 376 g/mol. The standard InChI is InChI=1S/C19H32N6O2/c1-5-20-19(21-13-16-14(2)22-23(4)15(16)3)25-10-8-24(9-11-25)18(26)17-7-6-12-27-17/h17H,5-13H2,1-4H3,(H,20,21). The van der Waals surface area contributed by atoms with Gasteiger partial charge in [-0.1, -0.05) is 0 Å². The Morgan fingerprint density at radius 2 is 1.96 bits per heavy atom. The molecule has 3 heterocycles. The Kier molecular flexibility index (Phi) is 6.36.